The molecule has 0 fully saturated rings. The van der Waals surface area contributed by atoms with E-state index in [1.807, 2.05) is 0 Å². The third-order valence-electron chi connectivity index (χ3n) is 3.40. The fourth-order valence-electron chi connectivity index (χ4n) is 2.40. The molecule has 0 aliphatic heterocycles. The number of hydrogen-bond acceptors (Lipinski definition) is 1. The molecule has 0 radical (unpaired) electrons. The van der Waals surface area contributed by atoms with Gasteiger partial charge >= 0.3 is 0 Å². The highest BCUT2D eigenvalue weighted by Gasteiger charge is 2.07. The lowest BCUT2D eigenvalue weighted by molar-refractivity contribution is -0.111. The molecule has 0 aromatic heterocycles. The van der Waals surface area contributed by atoms with Crippen LogP contribution in [-0.4, -0.2) is 5.24 Å². The zero-order valence-corrected chi connectivity index (χ0v) is 12.4. The second-order valence-corrected chi connectivity index (χ2v) is 5.53. The fourth-order valence-corrected chi connectivity index (χ4v) is 2.53. The molecule has 0 N–H and O–H groups in total. The van der Waals surface area contributed by atoms with E-state index in [0.717, 1.165) is 18.8 Å². The van der Waals surface area contributed by atoms with Gasteiger partial charge in [0.1, 0.15) is 0 Å². The molecule has 0 spiro atoms. The zero-order valence-electron chi connectivity index (χ0n) is 11.6. The molecule has 0 rings (SSSR count). The Morgan fingerprint density at radius 3 is 2.06 bits per heavy atom. The van der Waals surface area contributed by atoms with Crippen molar-refractivity contribution in [3.63, 3.8) is 0 Å². The molecule has 0 saturated carbocycles. The summed E-state index contributed by atoms with van der Waals surface area (Å²) < 4.78 is 0. The highest BCUT2D eigenvalue weighted by Crippen LogP contribution is 2.22. The van der Waals surface area contributed by atoms with Crippen molar-refractivity contribution in [3.8, 4) is 0 Å². The van der Waals surface area contributed by atoms with Crippen molar-refractivity contribution in [3.05, 3.63) is 0 Å². The van der Waals surface area contributed by atoms with Gasteiger partial charge in [0.15, 0.2) is 0 Å². The first-order valence-corrected chi connectivity index (χ1v) is 7.76. The fraction of sp³-hybridized carbons (Fsp3) is 0.933. The Kier molecular flexibility index (Phi) is 12.4. The van der Waals surface area contributed by atoms with Crippen LogP contribution in [0.4, 0.5) is 0 Å². The maximum atomic E-state index is 10.6. The molecule has 0 bridgehead atoms. The summed E-state index contributed by atoms with van der Waals surface area (Å²) in [4.78, 5) is 10.6. The summed E-state index contributed by atoms with van der Waals surface area (Å²) in [5.74, 6) is 0.877. The molecule has 102 valence electrons. The number of halogens is 1. The van der Waals surface area contributed by atoms with E-state index in [4.69, 9.17) is 11.6 Å². The van der Waals surface area contributed by atoms with E-state index in [9.17, 15) is 4.79 Å². The highest BCUT2D eigenvalue weighted by atomic mass is 35.5. The zero-order chi connectivity index (χ0) is 12.9. The topological polar surface area (TPSA) is 17.1 Å². The van der Waals surface area contributed by atoms with Crippen molar-refractivity contribution >= 4 is 16.8 Å². The Bertz CT molecular complexity index is 180. The Morgan fingerprint density at radius 2 is 1.53 bits per heavy atom. The summed E-state index contributed by atoms with van der Waals surface area (Å²) in [5, 5.41) is -0.181. The van der Waals surface area contributed by atoms with Crippen LogP contribution in [0.1, 0.15) is 84.5 Å². The summed E-state index contributed by atoms with van der Waals surface area (Å²) in [5.41, 5.74) is 0. The number of carbonyl (C=O) groups excluding carboxylic acids is 1. The van der Waals surface area contributed by atoms with Gasteiger partial charge in [-0.25, -0.2) is 0 Å². The van der Waals surface area contributed by atoms with Crippen LogP contribution in [-0.2, 0) is 4.79 Å². The van der Waals surface area contributed by atoms with Gasteiger partial charge in [0.05, 0.1) is 0 Å². The predicted octanol–water partition coefficient (Wildman–Crippen LogP) is 5.70. The molecule has 0 aliphatic carbocycles. The molecular formula is C15H29ClO. The molecule has 0 aliphatic rings. The van der Waals surface area contributed by atoms with Gasteiger partial charge < -0.3 is 0 Å². The highest BCUT2D eigenvalue weighted by molar-refractivity contribution is 6.63. The summed E-state index contributed by atoms with van der Waals surface area (Å²) in [6.45, 7) is 4.52. The largest absolute Gasteiger partial charge is 0.281 e. The minimum Gasteiger partial charge on any atom is -0.281 e. The lowest BCUT2D eigenvalue weighted by atomic mass is 9.91. The van der Waals surface area contributed by atoms with E-state index in [1.54, 1.807) is 0 Å². The van der Waals surface area contributed by atoms with Gasteiger partial charge in [0, 0.05) is 6.42 Å². The number of hydrogen-bond donors (Lipinski definition) is 0. The maximum absolute atomic E-state index is 10.6. The van der Waals surface area contributed by atoms with Crippen LogP contribution in [0.2, 0.25) is 0 Å². The lowest BCUT2D eigenvalue weighted by Crippen LogP contribution is -2.01. The smallest absolute Gasteiger partial charge is 0.221 e. The Labute approximate surface area is 112 Å². The molecule has 0 amide bonds. The van der Waals surface area contributed by atoms with Gasteiger partial charge in [-0.05, 0) is 23.9 Å². The van der Waals surface area contributed by atoms with Gasteiger partial charge in [-0.2, -0.15) is 0 Å². The van der Waals surface area contributed by atoms with Crippen LogP contribution >= 0.6 is 11.6 Å². The van der Waals surface area contributed by atoms with Crippen molar-refractivity contribution in [2.24, 2.45) is 5.92 Å². The summed E-state index contributed by atoms with van der Waals surface area (Å²) in [7, 11) is 0. The van der Waals surface area contributed by atoms with Crippen molar-refractivity contribution in [2.45, 2.75) is 84.5 Å². The molecule has 0 saturated heterocycles. The second kappa shape index (κ2) is 12.4. The molecule has 1 unspecified atom stereocenters. The Balaban J connectivity index is 3.55. The van der Waals surface area contributed by atoms with Crippen LogP contribution in [0.15, 0.2) is 0 Å². The summed E-state index contributed by atoms with van der Waals surface area (Å²) >= 11 is 5.33. The molecule has 0 heterocycles. The van der Waals surface area contributed by atoms with Crippen LogP contribution in [0, 0.1) is 5.92 Å². The molecule has 0 aromatic carbocycles. The van der Waals surface area contributed by atoms with Gasteiger partial charge in [0.2, 0.25) is 5.24 Å². The summed E-state index contributed by atoms with van der Waals surface area (Å²) in [6, 6.07) is 0. The maximum Gasteiger partial charge on any atom is 0.221 e. The standard InChI is InChI=1S/C15H29ClO/c1-3-5-6-7-11-14(10-4-2)12-8-9-13-15(16)17/h14H,3-13H2,1-2H3. The van der Waals surface area contributed by atoms with Gasteiger partial charge in [-0.15, -0.1) is 0 Å². The minimum absolute atomic E-state index is 0.181. The average molecular weight is 261 g/mol. The molecule has 0 aromatic rings. The summed E-state index contributed by atoms with van der Waals surface area (Å²) in [6.07, 6.45) is 13.4. The van der Waals surface area contributed by atoms with Gasteiger partial charge in [-0.3, -0.25) is 4.79 Å². The first-order valence-electron chi connectivity index (χ1n) is 7.39. The van der Waals surface area contributed by atoms with Crippen LogP contribution in [0.25, 0.3) is 0 Å². The quantitative estimate of drug-likeness (QED) is 0.325. The average Bonchev–Trinajstić information content (AvgIpc) is 2.29. The number of rotatable bonds is 12. The van der Waals surface area contributed by atoms with Crippen molar-refractivity contribution in [1.29, 1.82) is 0 Å². The van der Waals surface area contributed by atoms with E-state index < -0.39 is 0 Å². The molecule has 17 heavy (non-hydrogen) atoms. The predicted molar refractivity (Wildman–Crippen MR) is 76.5 cm³/mol. The van der Waals surface area contributed by atoms with E-state index in [1.165, 1.54) is 51.4 Å². The minimum atomic E-state index is -0.181. The van der Waals surface area contributed by atoms with Crippen LogP contribution < -0.4 is 0 Å². The molecule has 2 heteroatoms. The second-order valence-electron chi connectivity index (χ2n) is 5.10. The van der Waals surface area contributed by atoms with E-state index in [-0.39, 0.29) is 5.24 Å². The van der Waals surface area contributed by atoms with E-state index >= 15 is 0 Å². The Morgan fingerprint density at radius 1 is 0.882 bits per heavy atom. The monoisotopic (exact) mass is 260 g/mol. The third-order valence-corrected chi connectivity index (χ3v) is 3.59. The lowest BCUT2D eigenvalue weighted by Gasteiger charge is -2.15. The SMILES string of the molecule is CCCCCCC(CCC)CCCCC(=O)Cl. The van der Waals surface area contributed by atoms with Crippen molar-refractivity contribution in [2.75, 3.05) is 0 Å². The Hall–Kier alpha value is -0.0400. The van der Waals surface area contributed by atoms with Gasteiger partial charge in [0.25, 0.3) is 0 Å². The first kappa shape index (κ1) is 17.0. The van der Waals surface area contributed by atoms with Crippen molar-refractivity contribution in [1.82, 2.24) is 0 Å². The van der Waals surface area contributed by atoms with E-state index in [2.05, 4.69) is 13.8 Å². The van der Waals surface area contributed by atoms with E-state index in [0.29, 0.717) is 6.42 Å². The van der Waals surface area contributed by atoms with Crippen LogP contribution in [0.5, 0.6) is 0 Å². The third kappa shape index (κ3) is 12.2. The molecular weight excluding hydrogens is 232 g/mol. The number of carbonyl (C=O) groups is 1. The number of unbranched alkanes of at least 4 members (excludes halogenated alkanes) is 4. The molecule has 1 nitrogen and oxygen atoms in total. The molecule has 1 atom stereocenters. The van der Waals surface area contributed by atoms with Crippen LogP contribution in [0.3, 0.4) is 0 Å². The first-order chi connectivity index (χ1) is 8.20. The normalized spacial score (nSPS) is 12.6. The van der Waals surface area contributed by atoms with Crippen molar-refractivity contribution < 1.29 is 4.79 Å². The van der Waals surface area contributed by atoms with Gasteiger partial charge in [-0.1, -0.05) is 71.6 Å².